The van der Waals surface area contributed by atoms with Gasteiger partial charge in [-0.2, -0.15) is 0 Å². The van der Waals surface area contributed by atoms with E-state index in [9.17, 15) is 4.79 Å². The Balaban J connectivity index is 1.15. The molecule has 0 aliphatic carbocycles. The van der Waals surface area contributed by atoms with Gasteiger partial charge in [-0.05, 0) is 56.0 Å². The molecular weight excluding hydrogens is 382 g/mol. The predicted molar refractivity (Wildman–Crippen MR) is 115 cm³/mol. The van der Waals surface area contributed by atoms with Crippen molar-refractivity contribution in [3.63, 3.8) is 0 Å². The molecule has 3 aromatic rings. The van der Waals surface area contributed by atoms with Gasteiger partial charge < -0.3 is 23.2 Å². The first kappa shape index (κ1) is 20.7. The van der Waals surface area contributed by atoms with E-state index >= 15 is 0 Å². The zero-order valence-electron chi connectivity index (χ0n) is 17.3. The molecule has 0 spiro atoms. The maximum atomic E-state index is 12.2. The number of ether oxygens (including phenoxy) is 3. The summed E-state index contributed by atoms with van der Waals surface area (Å²) in [7, 11) is 0. The number of aromatic nitrogens is 1. The Bertz CT molecular complexity index is 986. The summed E-state index contributed by atoms with van der Waals surface area (Å²) in [6, 6.07) is 12.0. The molecule has 1 atom stereocenters. The number of hydrogen-bond acceptors (Lipinski definition) is 5. The smallest absolute Gasteiger partial charge is 0.227 e. The van der Waals surface area contributed by atoms with Gasteiger partial charge in [-0.25, -0.2) is 0 Å². The van der Waals surface area contributed by atoms with Crippen LogP contribution in [0.3, 0.4) is 0 Å². The minimum Gasteiger partial charge on any atom is -0.487 e. The molecule has 0 saturated carbocycles. The van der Waals surface area contributed by atoms with E-state index in [4.69, 9.17) is 18.6 Å². The number of unbranched alkanes of at least 4 members (excludes halogenated alkanes) is 2. The lowest BCUT2D eigenvalue weighted by atomic mass is 10.2. The van der Waals surface area contributed by atoms with Crippen LogP contribution in [0.4, 0.5) is 0 Å². The van der Waals surface area contributed by atoms with E-state index in [0.29, 0.717) is 12.4 Å². The molecule has 0 radical (unpaired) electrons. The molecule has 2 aromatic heterocycles. The van der Waals surface area contributed by atoms with Crippen LogP contribution in [0.5, 0.6) is 5.75 Å². The first-order valence-electron chi connectivity index (χ1n) is 10.8. The molecule has 1 aliphatic rings. The van der Waals surface area contributed by atoms with Crippen LogP contribution in [-0.2, 0) is 22.6 Å². The standard InChI is InChI=1S/C24H29NO5/c26-22-16-20(17-30-24-10-4-7-15-28-24)29-18-23(22)27-14-6-1-5-12-25-13-11-19-8-2-3-9-21(19)25/h2-3,8-9,11,13,16,18,24H,1,4-7,10,12,14-15,17H2. The molecule has 1 fully saturated rings. The van der Waals surface area contributed by atoms with E-state index in [2.05, 4.69) is 41.1 Å². The van der Waals surface area contributed by atoms with Crippen molar-refractivity contribution in [2.45, 2.75) is 58.0 Å². The molecule has 6 heteroatoms. The van der Waals surface area contributed by atoms with E-state index in [1.165, 1.54) is 23.2 Å². The second kappa shape index (κ2) is 10.5. The first-order chi connectivity index (χ1) is 14.8. The molecule has 1 aromatic carbocycles. The van der Waals surface area contributed by atoms with Crippen LogP contribution in [0.15, 0.2) is 58.1 Å². The largest absolute Gasteiger partial charge is 0.487 e. The molecule has 0 N–H and O–H groups in total. The Morgan fingerprint density at radius 3 is 2.90 bits per heavy atom. The van der Waals surface area contributed by atoms with Gasteiger partial charge >= 0.3 is 0 Å². The minimum atomic E-state index is -0.204. The Morgan fingerprint density at radius 2 is 2.03 bits per heavy atom. The lowest BCUT2D eigenvalue weighted by Gasteiger charge is -2.22. The number of fused-ring (bicyclic) bond motifs is 1. The molecular formula is C24H29NO5. The van der Waals surface area contributed by atoms with Crippen molar-refractivity contribution in [2.24, 2.45) is 0 Å². The van der Waals surface area contributed by atoms with Crippen LogP contribution in [0, 0.1) is 0 Å². The van der Waals surface area contributed by atoms with Crippen molar-refractivity contribution < 1.29 is 18.6 Å². The Morgan fingerprint density at radius 1 is 1.10 bits per heavy atom. The van der Waals surface area contributed by atoms with E-state index < -0.39 is 0 Å². The average Bonchev–Trinajstić information content (AvgIpc) is 3.20. The van der Waals surface area contributed by atoms with Gasteiger partial charge in [0.25, 0.3) is 0 Å². The third-order valence-corrected chi connectivity index (χ3v) is 5.38. The summed E-state index contributed by atoms with van der Waals surface area (Å²) < 4.78 is 24.6. The molecule has 160 valence electrons. The van der Waals surface area contributed by atoms with Gasteiger partial charge in [0.2, 0.25) is 11.2 Å². The number of nitrogens with zero attached hydrogens (tertiary/aromatic N) is 1. The minimum absolute atomic E-state index is 0.178. The first-order valence-corrected chi connectivity index (χ1v) is 10.8. The van der Waals surface area contributed by atoms with E-state index in [1.54, 1.807) is 0 Å². The third kappa shape index (κ3) is 5.52. The Hall–Kier alpha value is -2.57. The quantitative estimate of drug-likeness (QED) is 0.445. The molecule has 4 rings (SSSR count). The highest BCUT2D eigenvalue weighted by molar-refractivity contribution is 5.79. The van der Waals surface area contributed by atoms with Gasteiger partial charge in [-0.1, -0.05) is 18.2 Å². The summed E-state index contributed by atoms with van der Waals surface area (Å²) >= 11 is 0. The topological polar surface area (TPSA) is 62.8 Å². The second-order valence-electron chi connectivity index (χ2n) is 7.66. The van der Waals surface area contributed by atoms with Gasteiger partial charge in [-0.3, -0.25) is 4.79 Å². The fourth-order valence-electron chi connectivity index (χ4n) is 3.72. The number of aryl methyl sites for hydroxylation is 1. The Labute approximate surface area is 176 Å². The van der Waals surface area contributed by atoms with Gasteiger partial charge in [0.15, 0.2) is 6.29 Å². The monoisotopic (exact) mass is 411 g/mol. The van der Waals surface area contributed by atoms with Gasteiger partial charge in [-0.15, -0.1) is 0 Å². The molecule has 0 amide bonds. The maximum Gasteiger partial charge on any atom is 0.227 e. The highest BCUT2D eigenvalue weighted by Crippen LogP contribution is 2.17. The zero-order valence-corrected chi connectivity index (χ0v) is 17.3. The van der Waals surface area contributed by atoms with Crippen molar-refractivity contribution in [2.75, 3.05) is 13.2 Å². The van der Waals surface area contributed by atoms with Crippen LogP contribution in [-0.4, -0.2) is 24.1 Å². The van der Waals surface area contributed by atoms with Gasteiger partial charge in [0.05, 0.1) is 6.61 Å². The molecule has 1 saturated heterocycles. The number of para-hydroxylation sites is 1. The van der Waals surface area contributed by atoms with Crippen LogP contribution in [0.25, 0.3) is 10.9 Å². The fraction of sp³-hybridized carbons (Fsp3) is 0.458. The maximum absolute atomic E-state index is 12.2. The molecule has 0 bridgehead atoms. The molecule has 3 heterocycles. The zero-order chi connectivity index (χ0) is 20.6. The summed E-state index contributed by atoms with van der Waals surface area (Å²) in [5.74, 6) is 0.740. The second-order valence-corrected chi connectivity index (χ2v) is 7.66. The fourth-order valence-corrected chi connectivity index (χ4v) is 3.72. The van der Waals surface area contributed by atoms with Crippen LogP contribution in [0.2, 0.25) is 0 Å². The summed E-state index contributed by atoms with van der Waals surface area (Å²) in [6.45, 7) is 2.44. The molecule has 6 nitrogen and oxygen atoms in total. The summed E-state index contributed by atoms with van der Waals surface area (Å²) in [5.41, 5.74) is 1.09. The summed E-state index contributed by atoms with van der Waals surface area (Å²) in [6.07, 6.45) is 9.36. The van der Waals surface area contributed by atoms with Crippen LogP contribution in [0.1, 0.15) is 44.3 Å². The van der Waals surface area contributed by atoms with E-state index in [1.807, 2.05) is 0 Å². The SMILES string of the molecule is O=c1cc(COC2CCCCO2)occ1OCCCCCn1ccc2ccccc21. The van der Waals surface area contributed by atoms with Crippen molar-refractivity contribution in [1.29, 1.82) is 0 Å². The van der Waals surface area contributed by atoms with Crippen molar-refractivity contribution >= 4 is 10.9 Å². The van der Waals surface area contributed by atoms with Crippen molar-refractivity contribution in [3.05, 3.63) is 64.8 Å². The summed E-state index contributed by atoms with van der Waals surface area (Å²) in [4.78, 5) is 12.2. The predicted octanol–water partition coefficient (Wildman–Crippen LogP) is 4.89. The number of benzene rings is 1. The normalized spacial score (nSPS) is 16.7. The van der Waals surface area contributed by atoms with Crippen LogP contribution < -0.4 is 10.2 Å². The van der Waals surface area contributed by atoms with Gasteiger partial charge in [0, 0.05) is 30.9 Å². The molecule has 1 aliphatic heterocycles. The number of hydrogen-bond donors (Lipinski definition) is 0. The molecule has 1 unspecified atom stereocenters. The van der Waals surface area contributed by atoms with E-state index in [0.717, 1.165) is 51.7 Å². The highest BCUT2D eigenvalue weighted by atomic mass is 16.7. The number of rotatable bonds is 10. The highest BCUT2D eigenvalue weighted by Gasteiger charge is 2.15. The Kier molecular flexibility index (Phi) is 7.21. The van der Waals surface area contributed by atoms with Crippen molar-refractivity contribution in [3.8, 4) is 5.75 Å². The third-order valence-electron chi connectivity index (χ3n) is 5.38. The summed E-state index contributed by atoms with van der Waals surface area (Å²) in [5, 5.41) is 1.27. The lowest BCUT2D eigenvalue weighted by Crippen LogP contribution is -2.22. The lowest BCUT2D eigenvalue weighted by molar-refractivity contribution is -0.171. The molecule has 30 heavy (non-hydrogen) atoms. The van der Waals surface area contributed by atoms with Crippen molar-refractivity contribution in [1.82, 2.24) is 4.57 Å². The van der Waals surface area contributed by atoms with Crippen LogP contribution >= 0.6 is 0 Å². The van der Waals surface area contributed by atoms with E-state index in [-0.39, 0.29) is 24.1 Å². The van der Waals surface area contributed by atoms with Gasteiger partial charge in [0.1, 0.15) is 18.6 Å². The average molecular weight is 411 g/mol.